The highest BCUT2D eigenvalue weighted by Gasteiger charge is 2.24. The monoisotopic (exact) mass is 289 g/mol. The molecule has 0 amide bonds. The van der Waals surface area contributed by atoms with Crippen molar-refractivity contribution in [1.29, 1.82) is 0 Å². The summed E-state index contributed by atoms with van der Waals surface area (Å²) in [5.74, 6) is 0.452. The average molecular weight is 289 g/mol. The van der Waals surface area contributed by atoms with Gasteiger partial charge in [-0.05, 0) is 41.4 Å². The van der Waals surface area contributed by atoms with Gasteiger partial charge in [0.1, 0.15) is 0 Å². The summed E-state index contributed by atoms with van der Waals surface area (Å²) in [4.78, 5) is 2.40. The zero-order valence-corrected chi connectivity index (χ0v) is 12.7. The van der Waals surface area contributed by atoms with Gasteiger partial charge in [-0.1, -0.05) is 42.5 Å². The van der Waals surface area contributed by atoms with Gasteiger partial charge < -0.3 is 9.32 Å². The molecule has 2 heteroatoms. The average Bonchev–Trinajstić information content (AvgIpc) is 3.09. The second kappa shape index (κ2) is 5.47. The minimum Gasteiger partial charge on any atom is -0.472 e. The first-order valence-electron chi connectivity index (χ1n) is 7.70. The second-order valence-corrected chi connectivity index (χ2v) is 6.09. The van der Waals surface area contributed by atoms with Gasteiger partial charge in [0.15, 0.2) is 0 Å². The van der Waals surface area contributed by atoms with Gasteiger partial charge >= 0.3 is 0 Å². The van der Waals surface area contributed by atoms with Crippen LogP contribution in [0.4, 0.5) is 0 Å². The van der Waals surface area contributed by atoms with E-state index in [2.05, 4.69) is 60.5 Å². The summed E-state index contributed by atoms with van der Waals surface area (Å²) in [6, 6.07) is 19.6. The summed E-state index contributed by atoms with van der Waals surface area (Å²) in [5, 5.41) is 0. The van der Waals surface area contributed by atoms with E-state index in [9.17, 15) is 0 Å². The van der Waals surface area contributed by atoms with Crippen molar-refractivity contribution in [3.63, 3.8) is 0 Å². The molecule has 1 atom stereocenters. The zero-order valence-electron chi connectivity index (χ0n) is 12.7. The Kier molecular flexibility index (Phi) is 3.32. The van der Waals surface area contributed by atoms with Crippen LogP contribution in [0.25, 0.3) is 11.1 Å². The highest BCUT2D eigenvalue weighted by molar-refractivity contribution is 5.64. The molecule has 1 aromatic heterocycles. The first-order chi connectivity index (χ1) is 10.8. The zero-order chi connectivity index (χ0) is 14.9. The van der Waals surface area contributed by atoms with E-state index in [0.29, 0.717) is 5.92 Å². The van der Waals surface area contributed by atoms with E-state index in [4.69, 9.17) is 4.42 Å². The lowest BCUT2D eigenvalue weighted by Gasteiger charge is -2.33. The van der Waals surface area contributed by atoms with Crippen LogP contribution in [-0.4, -0.2) is 18.5 Å². The molecule has 0 bridgehead atoms. The molecule has 110 valence electrons. The molecule has 0 unspecified atom stereocenters. The summed E-state index contributed by atoms with van der Waals surface area (Å²) in [5.41, 5.74) is 6.64. The smallest absolute Gasteiger partial charge is 0.0980 e. The predicted molar refractivity (Wildman–Crippen MR) is 88.8 cm³/mol. The van der Waals surface area contributed by atoms with Gasteiger partial charge in [0.05, 0.1) is 12.5 Å². The molecule has 1 aliphatic rings. The maximum absolute atomic E-state index is 5.21. The molecule has 0 fully saturated rings. The third-order valence-corrected chi connectivity index (χ3v) is 4.51. The summed E-state index contributed by atoms with van der Waals surface area (Å²) < 4.78 is 5.21. The molecule has 0 spiro atoms. The number of rotatable bonds is 2. The van der Waals surface area contributed by atoms with Gasteiger partial charge in [-0.3, -0.25) is 0 Å². The molecular formula is C20H19NO. The summed E-state index contributed by atoms with van der Waals surface area (Å²) in [7, 11) is 2.20. The number of furan rings is 1. The molecule has 2 aromatic carbocycles. The van der Waals surface area contributed by atoms with Crippen LogP contribution in [0.3, 0.4) is 0 Å². The molecule has 0 aliphatic carbocycles. The van der Waals surface area contributed by atoms with Crippen LogP contribution in [0.2, 0.25) is 0 Å². The maximum Gasteiger partial charge on any atom is 0.0980 e. The van der Waals surface area contributed by atoms with Crippen LogP contribution in [0, 0.1) is 0 Å². The highest BCUT2D eigenvalue weighted by atomic mass is 16.3. The van der Waals surface area contributed by atoms with Gasteiger partial charge in [-0.15, -0.1) is 0 Å². The van der Waals surface area contributed by atoms with Crippen molar-refractivity contribution in [2.24, 2.45) is 0 Å². The molecule has 0 saturated carbocycles. The molecule has 22 heavy (non-hydrogen) atoms. The number of nitrogens with zero attached hydrogens (tertiary/aromatic N) is 1. The first kappa shape index (κ1) is 13.4. The SMILES string of the molecule is CN1Cc2cc(-c3ccoc3)ccc2[C@H](c2ccccc2)C1. The first-order valence-corrected chi connectivity index (χ1v) is 7.70. The Balaban J connectivity index is 1.78. The second-order valence-electron chi connectivity index (χ2n) is 6.09. The van der Waals surface area contributed by atoms with E-state index in [0.717, 1.165) is 18.7 Å². The predicted octanol–water partition coefficient (Wildman–Crippen LogP) is 4.52. The number of likely N-dealkylation sites (N-methyl/N-ethyl adjacent to an activating group) is 1. The van der Waals surface area contributed by atoms with Crippen LogP contribution >= 0.6 is 0 Å². The number of hydrogen-bond acceptors (Lipinski definition) is 2. The summed E-state index contributed by atoms with van der Waals surface area (Å²) in [6.45, 7) is 2.08. The Bertz CT molecular complexity index is 762. The highest BCUT2D eigenvalue weighted by Crippen LogP contribution is 2.35. The van der Waals surface area contributed by atoms with Crippen LogP contribution in [0.15, 0.2) is 71.5 Å². The summed E-state index contributed by atoms with van der Waals surface area (Å²) in [6.07, 6.45) is 3.54. The lowest BCUT2D eigenvalue weighted by atomic mass is 9.84. The lowest BCUT2D eigenvalue weighted by molar-refractivity contribution is 0.295. The van der Waals surface area contributed by atoms with E-state index >= 15 is 0 Å². The van der Waals surface area contributed by atoms with E-state index < -0.39 is 0 Å². The topological polar surface area (TPSA) is 16.4 Å². The lowest BCUT2D eigenvalue weighted by Crippen LogP contribution is -2.30. The van der Waals surface area contributed by atoms with Crippen LogP contribution in [-0.2, 0) is 6.54 Å². The van der Waals surface area contributed by atoms with Crippen molar-refractivity contribution in [2.75, 3.05) is 13.6 Å². The Morgan fingerprint density at radius 3 is 2.64 bits per heavy atom. The van der Waals surface area contributed by atoms with Crippen molar-refractivity contribution < 1.29 is 4.42 Å². The number of fused-ring (bicyclic) bond motifs is 1. The van der Waals surface area contributed by atoms with Crippen LogP contribution in [0.5, 0.6) is 0 Å². The van der Waals surface area contributed by atoms with Gasteiger partial charge in [-0.25, -0.2) is 0 Å². The largest absolute Gasteiger partial charge is 0.472 e. The Morgan fingerprint density at radius 1 is 1.00 bits per heavy atom. The van der Waals surface area contributed by atoms with Gasteiger partial charge in [0.2, 0.25) is 0 Å². The van der Waals surface area contributed by atoms with E-state index in [1.165, 1.54) is 22.3 Å². The molecule has 3 aromatic rings. The third-order valence-electron chi connectivity index (χ3n) is 4.51. The van der Waals surface area contributed by atoms with Crippen molar-refractivity contribution >= 4 is 0 Å². The molecule has 4 rings (SSSR count). The fraction of sp³-hybridized carbons (Fsp3) is 0.200. The normalized spacial score (nSPS) is 18.1. The van der Waals surface area contributed by atoms with Crippen molar-refractivity contribution in [3.8, 4) is 11.1 Å². The standard InChI is InChI=1S/C20H19NO/c1-21-12-18-11-16(17-9-10-22-14-17)7-8-19(18)20(13-21)15-5-3-2-4-6-15/h2-11,14,20H,12-13H2,1H3/t20-/m0/s1. The number of benzene rings is 2. The maximum atomic E-state index is 5.21. The number of hydrogen-bond donors (Lipinski definition) is 0. The van der Waals surface area contributed by atoms with Crippen LogP contribution in [0.1, 0.15) is 22.6 Å². The summed E-state index contributed by atoms with van der Waals surface area (Å²) >= 11 is 0. The minimum atomic E-state index is 0.452. The third kappa shape index (κ3) is 2.36. The molecule has 0 N–H and O–H groups in total. The fourth-order valence-corrected chi connectivity index (χ4v) is 3.43. The van der Waals surface area contributed by atoms with E-state index in [-0.39, 0.29) is 0 Å². The minimum absolute atomic E-state index is 0.452. The Morgan fingerprint density at radius 2 is 1.86 bits per heavy atom. The van der Waals surface area contributed by atoms with Gasteiger partial charge in [0.25, 0.3) is 0 Å². The van der Waals surface area contributed by atoms with Crippen molar-refractivity contribution in [3.05, 3.63) is 83.8 Å². The Hall–Kier alpha value is -2.32. The molecule has 2 nitrogen and oxygen atoms in total. The van der Waals surface area contributed by atoms with Crippen molar-refractivity contribution in [2.45, 2.75) is 12.5 Å². The fourth-order valence-electron chi connectivity index (χ4n) is 3.43. The molecular weight excluding hydrogens is 270 g/mol. The van der Waals surface area contributed by atoms with Crippen molar-refractivity contribution in [1.82, 2.24) is 4.90 Å². The molecule has 0 radical (unpaired) electrons. The quantitative estimate of drug-likeness (QED) is 0.689. The van der Waals surface area contributed by atoms with E-state index in [1.54, 1.807) is 6.26 Å². The van der Waals surface area contributed by atoms with Gasteiger partial charge in [-0.2, -0.15) is 0 Å². The van der Waals surface area contributed by atoms with E-state index in [1.807, 2.05) is 12.3 Å². The van der Waals surface area contributed by atoms with Gasteiger partial charge in [0, 0.05) is 24.6 Å². The van der Waals surface area contributed by atoms with Crippen LogP contribution < -0.4 is 0 Å². The molecule has 0 saturated heterocycles. The molecule has 2 heterocycles. The Labute approximate surface area is 131 Å². The molecule has 1 aliphatic heterocycles.